The van der Waals surface area contributed by atoms with Gasteiger partial charge in [-0.3, -0.25) is 10.8 Å². The van der Waals surface area contributed by atoms with Crippen LogP contribution in [0.1, 0.15) is 0 Å². The highest BCUT2D eigenvalue weighted by molar-refractivity contribution is 6.03. The van der Waals surface area contributed by atoms with Crippen LogP contribution >= 0.6 is 0 Å². The third kappa shape index (κ3) is 2.85. The number of H-pyrrole nitrogens is 1. The van der Waals surface area contributed by atoms with Crippen LogP contribution in [0, 0.1) is 0 Å². The van der Waals surface area contributed by atoms with E-state index in [0.29, 0.717) is 0 Å². The van der Waals surface area contributed by atoms with E-state index in [4.69, 9.17) is 5.84 Å². The summed E-state index contributed by atoms with van der Waals surface area (Å²) in [6.07, 6.45) is 3.77. The summed E-state index contributed by atoms with van der Waals surface area (Å²) in [5.74, 6) is 5.10. The summed E-state index contributed by atoms with van der Waals surface area (Å²) in [5, 5.41) is 2.38. The second-order valence-electron chi connectivity index (χ2n) is 4.59. The van der Waals surface area contributed by atoms with Crippen LogP contribution in [-0.2, 0) is 0 Å². The van der Waals surface area contributed by atoms with Crippen molar-refractivity contribution >= 4 is 27.5 Å². The van der Waals surface area contributed by atoms with Crippen molar-refractivity contribution in [2.45, 2.75) is 0 Å². The zero-order valence-corrected chi connectivity index (χ0v) is 11.5. The molecule has 2 aromatic carbocycles. The largest absolute Gasteiger partial charge is 0.361 e. The van der Waals surface area contributed by atoms with E-state index in [1.807, 2.05) is 48.8 Å². The highest BCUT2D eigenvalue weighted by Crippen LogP contribution is 2.21. The highest BCUT2D eigenvalue weighted by atomic mass is 15.2. The van der Waals surface area contributed by atoms with Crippen molar-refractivity contribution in [3.8, 4) is 0 Å². The van der Waals surface area contributed by atoms with E-state index in [-0.39, 0.29) is 0 Å². The Balaban J connectivity index is 0.000000143. The van der Waals surface area contributed by atoms with Crippen molar-refractivity contribution < 1.29 is 0 Å². The number of aromatic amines is 1. The fraction of sp³-hybridized carbons (Fsp3) is 0. The lowest BCUT2D eigenvalue weighted by atomic mass is 10.1. The number of benzene rings is 2. The Morgan fingerprint density at radius 2 is 1.76 bits per heavy atom. The van der Waals surface area contributed by atoms with Crippen molar-refractivity contribution in [3.05, 3.63) is 73.1 Å². The van der Waals surface area contributed by atoms with Crippen molar-refractivity contribution in [1.82, 2.24) is 9.97 Å². The van der Waals surface area contributed by atoms with E-state index in [9.17, 15) is 0 Å². The van der Waals surface area contributed by atoms with E-state index < -0.39 is 0 Å². The van der Waals surface area contributed by atoms with Gasteiger partial charge in [0.15, 0.2) is 0 Å². The summed E-state index contributed by atoms with van der Waals surface area (Å²) in [7, 11) is 0. The Labute approximate surface area is 122 Å². The van der Waals surface area contributed by atoms with Gasteiger partial charge < -0.3 is 10.4 Å². The van der Waals surface area contributed by atoms with Crippen LogP contribution in [0.5, 0.6) is 0 Å². The Kier molecular flexibility index (Phi) is 3.80. The predicted octanol–water partition coefficient (Wildman–Crippen LogP) is 3.69. The van der Waals surface area contributed by atoms with Gasteiger partial charge in [-0.1, -0.05) is 30.3 Å². The van der Waals surface area contributed by atoms with Crippen molar-refractivity contribution in [2.24, 2.45) is 5.84 Å². The van der Waals surface area contributed by atoms with Gasteiger partial charge >= 0.3 is 0 Å². The normalized spacial score (nSPS) is 10.1. The monoisotopic (exact) mass is 276 g/mol. The second-order valence-corrected chi connectivity index (χ2v) is 4.59. The first-order chi connectivity index (χ1) is 10.4. The Morgan fingerprint density at radius 3 is 2.52 bits per heavy atom. The molecule has 0 atom stereocenters. The molecule has 0 amide bonds. The molecule has 0 aliphatic carbocycles. The lowest BCUT2D eigenvalue weighted by Gasteiger charge is -1.96. The first-order valence-corrected chi connectivity index (χ1v) is 6.71. The van der Waals surface area contributed by atoms with Crippen LogP contribution in [0.15, 0.2) is 73.1 Å². The molecule has 4 rings (SSSR count). The maximum Gasteiger partial charge on any atom is 0.0795 e. The van der Waals surface area contributed by atoms with Gasteiger partial charge in [-0.2, -0.15) is 0 Å². The molecule has 4 N–H and O–H groups in total. The third-order valence-corrected chi connectivity index (χ3v) is 3.24. The van der Waals surface area contributed by atoms with Crippen molar-refractivity contribution in [2.75, 3.05) is 5.43 Å². The van der Waals surface area contributed by atoms with Gasteiger partial charge in [0.2, 0.25) is 0 Å². The fourth-order valence-corrected chi connectivity index (χ4v) is 2.21. The number of para-hydroxylation sites is 1. The third-order valence-electron chi connectivity index (χ3n) is 3.24. The van der Waals surface area contributed by atoms with Crippen LogP contribution in [0.3, 0.4) is 0 Å². The van der Waals surface area contributed by atoms with Gasteiger partial charge in [0.25, 0.3) is 0 Å². The minimum absolute atomic E-state index is 0.938. The average Bonchev–Trinajstić information content (AvgIpc) is 3.05. The van der Waals surface area contributed by atoms with Crippen molar-refractivity contribution in [1.29, 1.82) is 0 Å². The maximum atomic E-state index is 5.10. The number of anilines is 1. The molecule has 2 aromatic heterocycles. The van der Waals surface area contributed by atoms with Gasteiger partial charge in [-0.05, 0) is 30.3 Å². The van der Waals surface area contributed by atoms with Crippen LogP contribution in [-0.4, -0.2) is 9.97 Å². The predicted molar refractivity (Wildman–Crippen MR) is 87.9 cm³/mol. The number of aromatic nitrogens is 2. The summed E-state index contributed by atoms with van der Waals surface area (Å²) in [4.78, 5) is 7.53. The standard InChI is InChI=1S/C11H8N2.C6H8N2/c1-2-8-3-4-10-9(5-7-12-10)11(8)13-6-1;7-8-6-4-2-1-3-5-6/h1-7,12H;1-5,8H,7H2. The van der Waals surface area contributed by atoms with Gasteiger partial charge in [0.05, 0.1) is 5.52 Å². The molecule has 0 fully saturated rings. The van der Waals surface area contributed by atoms with Crippen LogP contribution in [0.25, 0.3) is 21.8 Å². The molecule has 4 heteroatoms. The maximum absolute atomic E-state index is 5.10. The highest BCUT2D eigenvalue weighted by Gasteiger charge is 1.99. The molecule has 4 nitrogen and oxygen atoms in total. The number of hydrogen-bond acceptors (Lipinski definition) is 3. The van der Waals surface area contributed by atoms with E-state index in [1.54, 1.807) is 0 Å². The Hall–Kier alpha value is -2.85. The molecule has 0 aliphatic rings. The lowest BCUT2D eigenvalue weighted by molar-refractivity contribution is 1.35. The Bertz CT molecular complexity index is 837. The first-order valence-electron chi connectivity index (χ1n) is 6.71. The van der Waals surface area contributed by atoms with Gasteiger partial charge in [0, 0.05) is 34.4 Å². The summed E-state index contributed by atoms with van der Waals surface area (Å²) in [6, 6.07) is 19.9. The quantitative estimate of drug-likeness (QED) is 0.367. The summed E-state index contributed by atoms with van der Waals surface area (Å²) in [5.41, 5.74) is 5.68. The van der Waals surface area contributed by atoms with Crippen LogP contribution in [0.4, 0.5) is 5.69 Å². The number of pyridine rings is 1. The lowest BCUT2D eigenvalue weighted by Crippen LogP contribution is -2.05. The number of nitrogens with two attached hydrogens (primary N) is 1. The molecule has 4 aromatic rings. The number of nitrogen functional groups attached to an aromatic ring is 1. The molecule has 21 heavy (non-hydrogen) atoms. The average molecular weight is 276 g/mol. The molecule has 2 heterocycles. The smallest absolute Gasteiger partial charge is 0.0795 e. The van der Waals surface area contributed by atoms with Gasteiger partial charge in [0.1, 0.15) is 0 Å². The van der Waals surface area contributed by atoms with Crippen molar-refractivity contribution in [3.63, 3.8) is 0 Å². The van der Waals surface area contributed by atoms with Crippen LogP contribution in [0.2, 0.25) is 0 Å². The number of fused-ring (bicyclic) bond motifs is 3. The summed E-state index contributed by atoms with van der Waals surface area (Å²) < 4.78 is 0. The SMILES string of the molecule is NNc1ccccc1.c1cnc2c(c1)ccc1[nH]ccc12. The summed E-state index contributed by atoms with van der Waals surface area (Å²) in [6.45, 7) is 0. The fourth-order valence-electron chi connectivity index (χ4n) is 2.21. The molecule has 0 aliphatic heterocycles. The number of nitrogens with one attached hydrogen (secondary N) is 2. The molecule has 0 spiro atoms. The van der Waals surface area contributed by atoms with E-state index in [1.165, 1.54) is 10.8 Å². The number of hydrazine groups is 1. The molecule has 104 valence electrons. The van der Waals surface area contributed by atoms with E-state index in [0.717, 1.165) is 16.7 Å². The molecule has 0 saturated heterocycles. The number of nitrogens with zero attached hydrogens (tertiary/aromatic N) is 1. The molecule has 0 unspecified atom stereocenters. The number of hydrogen-bond donors (Lipinski definition) is 3. The van der Waals surface area contributed by atoms with Crippen LogP contribution < -0.4 is 11.3 Å². The molecule has 0 saturated carbocycles. The number of rotatable bonds is 1. The topological polar surface area (TPSA) is 66.7 Å². The minimum Gasteiger partial charge on any atom is -0.361 e. The molecular weight excluding hydrogens is 260 g/mol. The molecular formula is C17H16N4. The summed E-state index contributed by atoms with van der Waals surface area (Å²) >= 11 is 0. The van der Waals surface area contributed by atoms with Gasteiger partial charge in [-0.15, -0.1) is 0 Å². The zero-order chi connectivity index (χ0) is 14.5. The van der Waals surface area contributed by atoms with E-state index in [2.05, 4.69) is 39.7 Å². The zero-order valence-electron chi connectivity index (χ0n) is 11.5. The molecule has 0 radical (unpaired) electrons. The molecule has 0 bridgehead atoms. The van der Waals surface area contributed by atoms with E-state index >= 15 is 0 Å². The second kappa shape index (κ2) is 6.07. The van der Waals surface area contributed by atoms with Gasteiger partial charge in [-0.25, -0.2) is 0 Å². The Morgan fingerprint density at radius 1 is 0.905 bits per heavy atom. The first kappa shape index (κ1) is 13.1. The minimum atomic E-state index is 0.938.